The van der Waals surface area contributed by atoms with Crippen LogP contribution in [0.15, 0.2) is 18.7 Å². The molecule has 0 aromatic carbocycles. The predicted molar refractivity (Wildman–Crippen MR) is 75.8 cm³/mol. The van der Waals surface area contributed by atoms with Gasteiger partial charge in [0.15, 0.2) is 0 Å². The molecule has 8 heteroatoms. The Morgan fingerprint density at radius 2 is 2.38 bits per heavy atom. The van der Waals surface area contributed by atoms with E-state index < -0.39 is 0 Å². The fourth-order valence-corrected chi connectivity index (χ4v) is 2.80. The lowest BCUT2D eigenvalue weighted by atomic mass is 9.99. The SMILES string of the molecule is Cc1cc(NCC2CCc3nncn3C2)n2ncnc2n1. The summed E-state index contributed by atoms with van der Waals surface area (Å²) in [5.74, 6) is 3.21. The second-order valence-corrected chi connectivity index (χ2v) is 5.44. The van der Waals surface area contributed by atoms with E-state index in [0.717, 1.165) is 43.3 Å². The summed E-state index contributed by atoms with van der Waals surface area (Å²) < 4.78 is 3.87. The van der Waals surface area contributed by atoms with Crippen molar-refractivity contribution in [1.82, 2.24) is 34.3 Å². The van der Waals surface area contributed by atoms with Gasteiger partial charge in [-0.2, -0.15) is 14.6 Å². The lowest BCUT2D eigenvalue weighted by Crippen LogP contribution is -2.26. The Morgan fingerprint density at radius 1 is 1.43 bits per heavy atom. The van der Waals surface area contributed by atoms with E-state index >= 15 is 0 Å². The number of nitrogens with one attached hydrogen (secondary N) is 1. The summed E-state index contributed by atoms with van der Waals surface area (Å²) in [5, 5.41) is 15.8. The van der Waals surface area contributed by atoms with Gasteiger partial charge in [-0.15, -0.1) is 10.2 Å². The second kappa shape index (κ2) is 4.80. The van der Waals surface area contributed by atoms with Crippen LogP contribution in [-0.4, -0.2) is 40.9 Å². The Hall–Kier alpha value is -2.51. The minimum atomic E-state index is 0.556. The zero-order chi connectivity index (χ0) is 14.2. The van der Waals surface area contributed by atoms with Gasteiger partial charge >= 0.3 is 0 Å². The quantitative estimate of drug-likeness (QED) is 0.762. The average Bonchev–Trinajstić information content (AvgIpc) is 3.12. The molecule has 4 rings (SSSR count). The van der Waals surface area contributed by atoms with Gasteiger partial charge in [0.25, 0.3) is 5.78 Å². The summed E-state index contributed by atoms with van der Waals surface area (Å²) in [5.41, 5.74) is 0.933. The molecule has 0 amide bonds. The molecule has 1 aliphatic heterocycles. The molecule has 3 aromatic heterocycles. The molecular weight excluding hydrogens is 268 g/mol. The molecule has 4 heterocycles. The molecule has 1 atom stereocenters. The van der Waals surface area contributed by atoms with Crippen LogP contribution in [0.2, 0.25) is 0 Å². The van der Waals surface area contributed by atoms with Crippen LogP contribution in [0.25, 0.3) is 5.78 Å². The van der Waals surface area contributed by atoms with Crippen LogP contribution < -0.4 is 5.32 Å². The molecule has 1 unspecified atom stereocenters. The molecular formula is C13H16N8. The molecule has 1 aliphatic rings. The predicted octanol–water partition coefficient (Wildman–Crippen LogP) is 0.699. The van der Waals surface area contributed by atoms with Crippen LogP contribution in [0.1, 0.15) is 17.9 Å². The maximum Gasteiger partial charge on any atom is 0.254 e. The maximum atomic E-state index is 4.34. The van der Waals surface area contributed by atoms with Crippen molar-refractivity contribution in [3.63, 3.8) is 0 Å². The summed E-state index contributed by atoms with van der Waals surface area (Å²) in [6, 6.07) is 1.99. The van der Waals surface area contributed by atoms with Crippen molar-refractivity contribution >= 4 is 11.6 Å². The largest absolute Gasteiger partial charge is 0.370 e. The minimum Gasteiger partial charge on any atom is -0.370 e. The molecule has 0 saturated carbocycles. The van der Waals surface area contributed by atoms with Gasteiger partial charge in [0.1, 0.15) is 24.3 Å². The highest BCUT2D eigenvalue weighted by Crippen LogP contribution is 2.19. The van der Waals surface area contributed by atoms with Crippen molar-refractivity contribution in [3.8, 4) is 0 Å². The van der Waals surface area contributed by atoms with Crippen LogP contribution >= 0.6 is 0 Å². The highest BCUT2D eigenvalue weighted by atomic mass is 15.4. The molecule has 0 fully saturated rings. The molecule has 0 bridgehead atoms. The number of anilines is 1. The van der Waals surface area contributed by atoms with E-state index in [2.05, 4.69) is 35.1 Å². The Labute approximate surface area is 121 Å². The van der Waals surface area contributed by atoms with Gasteiger partial charge in [0, 0.05) is 31.3 Å². The van der Waals surface area contributed by atoms with Gasteiger partial charge in [-0.25, -0.2) is 4.98 Å². The van der Waals surface area contributed by atoms with Crippen LogP contribution in [0, 0.1) is 12.8 Å². The van der Waals surface area contributed by atoms with Gasteiger partial charge in [-0.1, -0.05) is 0 Å². The van der Waals surface area contributed by atoms with E-state index in [0.29, 0.717) is 11.7 Å². The third kappa shape index (κ3) is 2.22. The van der Waals surface area contributed by atoms with Gasteiger partial charge in [0.05, 0.1) is 0 Å². The van der Waals surface area contributed by atoms with Crippen molar-refractivity contribution in [2.45, 2.75) is 26.3 Å². The third-order valence-corrected chi connectivity index (χ3v) is 3.88. The monoisotopic (exact) mass is 284 g/mol. The molecule has 0 radical (unpaired) electrons. The van der Waals surface area contributed by atoms with E-state index in [1.807, 2.05) is 19.3 Å². The maximum absolute atomic E-state index is 4.34. The van der Waals surface area contributed by atoms with Crippen LogP contribution in [0.5, 0.6) is 0 Å². The first-order valence-electron chi connectivity index (χ1n) is 7.07. The zero-order valence-corrected chi connectivity index (χ0v) is 11.8. The topological polar surface area (TPSA) is 85.8 Å². The number of nitrogens with zero attached hydrogens (tertiary/aromatic N) is 7. The first-order chi connectivity index (χ1) is 10.3. The van der Waals surface area contributed by atoms with Crippen molar-refractivity contribution in [2.24, 2.45) is 5.92 Å². The first kappa shape index (κ1) is 12.2. The number of hydrogen-bond acceptors (Lipinski definition) is 6. The first-order valence-corrected chi connectivity index (χ1v) is 7.07. The highest BCUT2D eigenvalue weighted by molar-refractivity contribution is 5.44. The molecule has 1 N–H and O–H groups in total. The summed E-state index contributed by atoms with van der Waals surface area (Å²) in [4.78, 5) is 8.48. The van der Waals surface area contributed by atoms with E-state index in [9.17, 15) is 0 Å². The molecule has 8 nitrogen and oxygen atoms in total. The summed E-state index contributed by atoms with van der Waals surface area (Å²) in [7, 11) is 0. The fraction of sp³-hybridized carbons (Fsp3) is 0.462. The summed E-state index contributed by atoms with van der Waals surface area (Å²) in [6.45, 7) is 3.81. The Kier molecular flexibility index (Phi) is 2.80. The molecule has 0 saturated heterocycles. The number of aryl methyl sites for hydroxylation is 2. The lowest BCUT2D eigenvalue weighted by molar-refractivity contribution is 0.380. The number of aromatic nitrogens is 7. The number of hydrogen-bond donors (Lipinski definition) is 1. The van der Waals surface area contributed by atoms with Crippen molar-refractivity contribution in [3.05, 3.63) is 30.2 Å². The minimum absolute atomic E-state index is 0.556. The van der Waals surface area contributed by atoms with Gasteiger partial charge in [-0.05, 0) is 19.3 Å². The molecule has 0 aliphatic carbocycles. The lowest BCUT2D eigenvalue weighted by Gasteiger charge is -2.23. The molecule has 3 aromatic rings. The number of rotatable bonds is 3. The Balaban J connectivity index is 1.50. The van der Waals surface area contributed by atoms with Crippen molar-refractivity contribution in [1.29, 1.82) is 0 Å². The van der Waals surface area contributed by atoms with Crippen LogP contribution in [0.3, 0.4) is 0 Å². The molecule has 0 spiro atoms. The Bertz CT molecular complexity index is 773. The molecule has 21 heavy (non-hydrogen) atoms. The van der Waals surface area contributed by atoms with E-state index in [-0.39, 0.29) is 0 Å². The molecule has 108 valence electrons. The van der Waals surface area contributed by atoms with Crippen LogP contribution in [-0.2, 0) is 13.0 Å². The summed E-state index contributed by atoms with van der Waals surface area (Å²) in [6.07, 6.45) is 5.45. The van der Waals surface area contributed by atoms with Crippen LogP contribution in [0.4, 0.5) is 5.82 Å². The van der Waals surface area contributed by atoms with Gasteiger partial charge in [0.2, 0.25) is 0 Å². The summed E-state index contributed by atoms with van der Waals surface area (Å²) >= 11 is 0. The van der Waals surface area contributed by atoms with Gasteiger partial charge in [-0.3, -0.25) is 0 Å². The number of fused-ring (bicyclic) bond motifs is 2. The highest BCUT2D eigenvalue weighted by Gasteiger charge is 2.19. The van der Waals surface area contributed by atoms with E-state index in [1.54, 1.807) is 4.52 Å². The smallest absolute Gasteiger partial charge is 0.254 e. The Morgan fingerprint density at radius 3 is 3.33 bits per heavy atom. The van der Waals surface area contributed by atoms with E-state index in [1.165, 1.54) is 6.33 Å². The fourth-order valence-electron chi connectivity index (χ4n) is 2.80. The zero-order valence-electron chi connectivity index (χ0n) is 11.8. The van der Waals surface area contributed by atoms with E-state index in [4.69, 9.17) is 0 Å². The third-order valence-electron chi connectivity index (χ3n) is 3.88. The average molecular weight is 284 g/mol. The van der Waals surface area contributed by atoms with Gasteiger partial charge < -0.3 is 9.88 Å². The van der Waals surface area contributed by atoms with Crippen molar-refractivity contribution < 1.29 is 0 Å². The normalized spacial score (nSPS) is 17.9. The second-order valence-electron chi connectivity index (χ2n) is 5.44. The standard InChI is InChI=1S/C13H16N8/c1-9-4-12(21-13(18-9)15-7-17-21)14-5-10-2-3-11-19-16-8-20(11)6-10/h4,7-8,10,14H,2-3,5-6H2,1H3. The van der Waals surface area contributed by atoms with Crippen molar-refractivity contribution in [2.75, 3.05) is 11.9 Å².